The van der Waals surface area contributed by atoms with Crippen molar-refractivity contribution >= 4 is 17.7 Å². The summed E-state index contributed by atoms with van der Waals surface area (Å²) in [7, 11) is 0. The van der Waals surface area contributed by atoms with Crippen LogP contribution in [0.3, 0.4) is 0 Å². The molecule has 0 aliphatic carbocycles. The highest BCUT2D eigenvalue weighted by atomic mass is 16.4. The molecule has 9 nitrogen and oxygen atoms in total. The van der Waals surface area contributed by atoms with Crippen molar-refractivity contribution < 1.29 is 19.8 Å². The molecule has 1 atom stereocenters. The molecule has 2 aromatic rings. The van der Waals surface area contributed by atoms with Crippen molar-refractivity contribution in [1.29, 1.82) is 0 Å². The van der Waals surface area contributed by atoms with Gasteiger partial charge in [0, 0.05) is 19.2 Å². The number of hydrogen-bond acceptors (Lipinski definition) is 6. The van der Waals surface area contributed by atoms with Gasteiger partial charge in [0.25, 0.3) is 11.7 Å². The highest BCUT2D eigenvalue weighted by Gasteiger charge is 2.22. The van der Waals surface area contributed by atoms with Gasteiger partial charge in [0.15, 0.2) is 0 Å². The number of carbonyl (C=O) groups excluding carboxylic acids is 1. The number of nitrogens with one attached hydrogen (secondary N) is 1. The smallest absolute Gasteiger partial charge is 0.326 e. The fraction of sp³-hybridized carbons (Fsp3) is 0.417. The van der Waals surface area contributed by atoms with Crippen molar-refractivity contribution in [1.82, 2.24) is 24.9 Å². The monoisotopic (exact) mass is 293 g/mol. The summed E-state index contributed by atoms with van der Waals surface area (Å²) in [5.41, 5.74) is 0.822. The van der Waals surface area contributed by atoms with Crippen LogP contribution in [0.2, 0.25) is 0 Å². The first-order valence-electron chi connectivity index (χ1n) is 6.40. The summed E-state index contributed by atoms with van der Waals surface area (Å²) >= 11 is 0. The summed E-state index contributed by atoms with van der Waals surface area (Å²) in [6.45, 7) is 1.51. The van der Waals surface area contributed by atoms with Gasteiger partial charge >= 0.3 is 5.97 Å². The van der Waals surface area contributed by atoms with Crippen molar-refractivity contribution in [2.24, 2.45) is 0 Å². The number of carboxylic acids is 1. The van der Waals surface area contributed by atoms with Crippen LogP contribution in [0.25, 0.3) is 5.78 Å². The molecular weight excluding hydrogens is 278 g/mol. The zero-order chi connectivity index (χ0) is 15.4. The lowest BCUT2D eigenvalue weighted by Gasteiger charge is -2.14. The molecule has 0 aliphatic heterocycles. The van der Waals surface area contributed by atoms with Gasteiger partial charge in [-0.15, -0.1) is 0 Å². The summed E-state index contributed by atoms with van der Waals surface area (Å²) in [5, 5.41) is 24.2. The lowest BCUT2D eigenvalue weighted by atomic mass is 10.1. The molecule has 0 saturated heterocycles. The van der Waals surface area contributed by atoms with E-state index in [4.69, 9.17) is 10.2 Å². The predicted molar refractivity (Wildman–Crippen MR) is 70.8 cm³/mol. The standard InChI is InChI=1S/C12H15N5O4/c1-2-9-7(5-13-12-14-6-15-17(9)12)10(19)16-8(3-4-18)11(20)21/h5-6,8,18H,2-4H2,1H3,(H,16,19)(H,20,21)/t8-/m1/s1. The van der Waals surface area contributed by atoms with Gasteiger partial charge in [-0.05, 0) is 6.42 Å². The summed E-state index contributed by atoms with van der Waals surface area (Å²) in [5.74, 6) is -1.41. The Morgan fingerprint density at radius 1 is 1.43 bits per heavy atom. The summed E-state index contributed by atoms with van der Waals surface area (Å²) in [6, 6.07) is -1.15. The maximum atomic E-state index is 12.2. The molecule has 0 radical (unpaired) electrons. The van der Waals surface area contributed by atoms with E-state index in [2.05, 4.69) is 20.4 Å². The molecule has 2 heterocycles. The topological polar surface area (TPSA) is 130 Å². The first kappa shape index (κ1) is 14.9. The van der Waals surface area contributed by atoms with E-state index in [0.717, 1.165) is 0 Å². The lowest BCUT2D eigenvalue weighted by Crippen LogP contribution is -2.41. The number of fused-ring (bicyclic) bond motifs is 1. The second kappa shape index (κ2) is 6.27. The molecule has 9 heteroatoms. The van der Waals surface area contributed by atoms with Gasteiger partial charge in [-0.2, -0.15) is 10.1 Å². The number of carbonyl (C=O) groups is 2. The molecule has 21 heavy (non-hydrogen) atoms. The van der Waals surface area contributed by atoms with Gasteiger partial charge in [-0.25, -0.2) is 14.3 Å². The molecule has 3 N–H and O–H groups in total. The molecule has 0 spiro atoms. The number of aliphatic hydroxyl groups is 1. The minimum Gasteiger partial charge on any atom is -0.480 e. The van der Waals surface area contributed by atoms with Gasteiger partial charge in [-0.1, -0.05) is 6.92 Å². The molecule has 1 amide bonds. The van der Waals surface area contributed by atoms with Gasteiger partial charge in [0.2, 0.25) is 0 Å². The maximum absolute atomic E-state index is 12.2. The fourth-order valence-corrected chi connectivity index (χ4v) is 1.98. The number of hydrogen-bond donors (Lipinski definition) is 3. The third kappa shape index (κ3) is 2.97. The Labute approximate surface area is 119 Å². The largest absolute Gasteiger partial charge is 0.480 e. The second-order valence-electron chi connectivity index (χ2n) is 4.32. The van der Waals surface area contributed by atoms with Gasteiger partial charge in [-0.3, -0.25) is 4.79 Å². The van der Waals surface area contributed by atoms with Crippen LogP contribution >= 0.6 is 0 Å². The molecule has 0 aromatic carbocycles. The molecule has 0 aliphatic rings. The van der Waals surface area contributed by atoms with E-state index in [0.29, 0.717) is 17.9 Å². The number of aliphatic carboxylic acids is 1. The molecule has 0 bridgehead atoms. The zero-order valence-electron chi connectivity index (χ0n) is 11.4. The Bertz CT molecular complexity index is 669. The Balaban J connectivity index is 2.32. The quantitative estimate of drug-likeness (QED) is 0.639. The third-order valence-electron chi connectivity index (χ3n) is 3.01. The van der Waals surface area contributed by atoms with E-state index in [1.165, 1.54) is 17.0 Å². The molecule has 2 rings (SSSR count). The number of aryl methyl sites for hydroxylation is 1. The Hall–Kier alpha value is -2.55. The highest BCUT2D eigenvalue weighted by Crippen LogP contribution is 2.10. The number of amides is 1. The Morgan fingerprint density at radius 2 is 2.19 bits per heavy atom. The molecular formula is C12H15N5O4. The van der Waals surface area contributed by atoms with Gasteiger partial charge in [0.1, 0.15) is 12.4 Å². The van der Waals surface area contributed by atoms with E-state index in [9.17, 15) is 9.59 Å². The summed E-state index contributed by atoms with van der Waals surface area (Å²) < 4.78 is 1.44. The highest BCUT2D eigenvalue weighted by molar-refractivity contribution is 5.97. The molecule has 2 aromatic heterocycles. The average Bonchev–Trinajstić information content (AvgIpc) is 2.93. The van der Waals surface area contributed by atoms with Crippen molar-refractivity contribution in [3.05, 3.63) is 23.8 Å². The van der Waals surface area contributed by atoms with Crippen LogP contribution in [0.5, 0.6) is 0 Å². The minimum atomic E-state index is -1.20. The van der Waals surface area contributed by atoms with Crippen molar-refractivity contribution in [3.63, 3.8) is 0 Å². The fourth-order valence-electron chi connectivity index (χ4n) is 1.98. The number of carboxylic acid groups (broad SMARTS) is 1. The van der Waals surface area contributed by atoms with Crippen LogP contribution in [0, 0.1) is 0 Å². The zero-order valence-corrected chi connectivity index (χ0v) is 11.4. The van der Waals surface area contributed by atoms with E-state index >= 15 is 0 Å². The minimum absolute atomic E-state index is 0.0679. The first-order valence-corrected chi connectivity index (χ1v) is 6.40. The molecule has 0 unspecified atom stereocenters. The number of aromatic nitrogens is 4. The predicted octanol–water partition coefficient (Wildman–Crippen LogP) is -0.748. The van der Waals surface area contributed by atoms with Crippen LogP contribution in [0.15, 0.2) is 12.5 Å². The van der Waals surface area contributed by atoms with Crippen LogP contribution in [-0.2, 0) is 11.2 Å². The number of aliphatic hydroxyl groups excluding tert-OH is 1. The first-order chi connectivity index (χ1) is 10.1. The average molecular weight is 293 g/mol. The second-order valence-corrected chi connectivity index (χ2v) is 4.32. The Morgan fingerprint density at radius 3 is 2.81 bits per heavy atom. The van der Waals surface area contributed by atoms with Gasteiger partial charge in [0.05, 0.1) is 11.3 Å². The van der Waals surface area contributed by atoms with E-state index in [-0.39, 0.29) is 18.6 Å². The van der Waals surface area contributed by atoms with Crippen molar-refractivity contribution in [2.75, 3.05) is 6.61 Å². The van der Waals surface area contributed by atoms with Crippen LogP contribution in [0.4, 0.5) is 0 Å². The maximum Gasteiger partial charge on any atom is 0.326 e. The van der Waals surface area contributed by atoms with E-state index in [1.807, 2.05) is 6.92 Å². The molecule has 0 fully saturated rings. The SMILES string of the molecule is CCc1c(C(=O)N[C@H](CCO)C(=O)O)cnc2ncnn12. The lowest BCUT2D eigenvalue weighted by molar-refractivity contribution is -0.139. The third-order valence-corrected chi connectivity index (χ3v) is 3.01. The summed E-state index contributed by atoms with van der Waals surface area (Å²) in [6.07, 6.45) is 3.11. The van der Waals surface area contributed by atoms with Crippen molar-refractivity contribution in [2.45, 2.75) is 25.8 Å². The Kier molecular flexibility index (Phi) is 4.43. The van der Waals surface area contributed by atoms with Crippen molar-refractivity contribution in [3.8, 4) is 0 Å². The normalized spacial score (nSPS) is 12.3. The number of nitrogens with zero attached hydrogens (tertiary/aromatic N) is 4. The molecule has 112 valence electrons. The van der Waals surface area contributed by atoms with Crippen LogP contribution in [0.1, 0.15) is 29.4 Å². The number of rotatable bonds is 6. The van der Waals surface area contributed by atoms with Gasteiger partial charge < -0.3 is 15.5 Å². The summed E-state index contributed by atoms with van der Waals surface area (Å²) in [4.78, 5) is 31.2. The van der Waals surface area contributed by atoms with Crippen LogP contribution in [-0.4, -0.2) is 54.3 Å². The van der Waals surface area contributed by atoms with Crippen LogP contribution < -0.4 is 5.32 Å². The van der Waals surface area contributed by atoms with E-state index < -0.39 is 17.9 Å². The molecule has 0 saturated carbocycles. The van der Waals surface area contributed by atoms with E-state index in [1.54, 1.807) is 0 Å².